The largest absolute Gasteiger partial charge is 0.406 e. The van der Waals surface area contributed by atoms with Gasteiger partial charge < -0.3 is 15.4 Å². The number of nitrogens with one attached hydrogen (secondary N) is 2. The van der Waals surface area contributed by atoms with Crippen LogP contribution in [0.15, 0.2) is 6.20 Å². The minimum absolute atomic E-state index is 0.187. The molecule has 2 rings (SSSR count). The first-order valence-electron chi connectivity index (χ1n) is 7.12. The second-order valence-corrected chi connectivity index (χ2v) is 7.10. The van der Waals surface area contributed by atoms with Gasteiger partial charge in [-0.05, 0) is 20.8 Å². The van der Waals surface area contributed by atoms with Crippen molar-refractivity contribution in [1.29, 1.82) is 0 Å². The lowest BCUT2D eigenvalue weighted by Gasteiger charge is -2.03. The first kappa shape index (κ1) is 17.4. The van der Waals surface area contributed by atoms with E-state index >= 15 is 0 Å². The van der Waals surface area contributed by atoms with E-state index in [1.54, 1.807) is 13.1 Å². The number of nitrogens with zero attached hydrogens (tertiary/aromatic N) is 2. The number of amides is 1. The van der Waals surface area contributed by atoms with Crippen molar-refractivity contribution in [2.24, 2.45) is 0 Å². The number of aryl methyl sites for hydroxylation is 2. The second-order valence-electron chi connectivity index (χ2n) is 4.67. The standard InChI is InChI=1S/C14H18N4O3S2/c1-4-15-11(20)13-18-12(9(3)23-13)21-10(19)5-6-16-14-17-7-8(2)22-14/h7H,4-6H2,1-3H3,(H,15,20)(H,16,17). The third-order valence-corrected chi connectivity index (χ3v) is 4.54. The van der Waals surface area contributed by atoms with E-state index in [0.717, 1.165) is 10.0 Å². The summed E-state index contributed by atoms with van der Waals surface area (Å²) in [6.45, 7) is 6.51. The molecule has 124 valence electrons. The number of anilines is 1. The second kappa shape index (κ2) is 8.02. The quantitative estimate of drug-likeness (QED) is 0.742. The van der Waals surface area contributed by atoms with Crippen LogP contribution in [-0.4, -0.2) is 34.9 Å². The molecule has 2 heterocycles. The Hall–Kier alpha value is -2.00. The molecule has 23 heavy (non-hydrogen) atoms. The molecule has 0 saturated carbocycles. The van der Waals surface area contributed by atoms with Crippen LogP contribution >= 0.6 is 22.7 Å². The number of esters is 1. The summed E-state index contributed by atoms with van der Waals surface area (Å²) in [5.41, 5.74) is 0. The Morgan fingerprint density at radius 2 is 2.09 bits per heavy atom. The van der Waals surface area contributed by atoms with Gasteiger partial charge in [0.1, 0.15) is 0 Å². The number of aromatic nitrogens is 2. The van der Waals surface area contributed by atoms with Crippen LogP contribution in [0.4, 0.5) is 5.13 Å². The Bertz CT molecular complexity index is 696. The third-order valence-electron chi connectivity index (χ3n) is 2.72. The zero-order valence-electron chi connectivity index (χ0n) is 13.1. The Labute approximate surface area is 142 Å². The summed E-state index contributed by atoms with van der Waals surface area (Å²) >= 11 is 2.73. The molecule has 0 aromatic carbocycles. The van der Waals surface area contributed by atoms with E-state index in [1.807, 2.05) is 13.8 Å². The van der Waals surface area contributed by atoms with Crippen LogP contribution in [0.2, 0.25) is 0 Å². The van der Waals surface area contributed by atoms with Crippen LogP contribution in [0.3, 0.4) is 0 Å². The molecule has 0 spiro atoms. The van der Waals surface area contributed by atoms with Crippen molar-refractivity contribution in [1.82, 2.24) is 15.3 Å². The van der Waals surface area contributed by atoms with Crippen molar-refractivity contribution in [3.8, 4) is 5.88 Å². The number of hydrogen-bond acceptors (Lipinski definition) is 8. The van der Waals surface area contributed by atoms with E-state index in [2.05, 4.69) is 20.6 Å². The van der Waals surface area contributed by atoms with E-state index in [1.165, 1.54) is 22.7 Å². The Morgan fingerprint density at radius 1 is 1.30 bits per heavy atom. The lowest BCUT2D eigenvalue weighted by molar-refractivity contribution is -0.134. The van der Waals surface area contributed by atoms with Crippen LogP contribution < -0.4 is 15.4 Å². The Kier molecular flexibility index (Phi) is 6.05. The highest BCUT2D eigenvalue weighted by molar-refractivity contribution is 7.15. The molecular formula is C14H18N4O3S2. The lowest BCUT2D eigenvalue weighted by Crippen LogP contribution is -2.22. The molecule has 7 nitrogen and oxygen atoms in total. The van der Waals surface area contributed by atoms with E-state index in [9.17, 15) is 9.59 Å². The normalized spacial score (nSPS) is 10.4. The maximum atomic E-state index is 11.8. The zero-order chi connectivity index (χ0) is 16.8. The number of carbonyl (C=O) groups is 2. The molecule has 0 fully saturated rings. The molecule has 0 aliphatic rings. The van der Waals surface area contributed by atoms with Gasteiger partial charge in [0.05, 0.1) is 11.3 Å². The van der Waals surface area contributed by atoms with Gasteiger partial charge in [-0.3, -0.25) is 9.59 Å². The highest BCUT2D eigenvalue weighted by Gasteiger charge is 2.17. The molecule has 1 amide bonds. The number of ether oxygens (including phenoxy) is 1. The van der Waals surface area contributed by atoms with E-state index in [4.69, 9.17) is 4.74 Å². The number of carbonyl (C=O) groups excluding carboxylic acids is 2. The maximum absolute atomic E-state index is 11.8. The fourth-order valence-electron chi connectivity index (χ4n) is 1.68. The van der Waals surface area contributed by atoms with Crippen LogP contribution in [0, 0.1) is 13.8 Å². The van der Waals surface area contributed by atoms with Gasteiger partial charge in [-0.15, -0.1) is 22.7 Å². The average molecular weight is 354 g/mol. The molecule has 0 atom stereocenters. The summed E-state index contributed by atoms with van der Waals surface area (Å²) < 4.78 is 5.22. The van der Waals surface area contributed by atoms with Crippen molar-refractivity contribution in [2.75, 3.05) is 18.4 Å². The van der Waals surface area contributed by atoms with Gasteiger partial charge in [0.25, 0.3) is 5.91 Å². The van der Waals surface area contributed by atoms with Crippen molar-refractivity contribution < 1.29 is 14.3 Å². The molecule has 2 N–H and O–H groups in total. The summed E-state index contributed by atoms with van der Waals surface area (Å²) in [6, 6.07) is 0. The van der Waals surface area contributed by atoms with E-state index in [0.29, 0.717) is 23.0 Å². The van der Waals surface area contributed by atoms with Crippen molar-refractivity contribution >= 4 is 39.7 Å². The predicted octanol–water partition coefficient (Wildman–Crippen LogP) is 2.37. The van der Waals surface area contributed by atoms with Crippen LogP contribution in [0.5, 0.6) is 5.88 Å². The topological polar surface area (TPSA) is 93.2 Å². The van der Waals surface area contributed by atoms with E-state index in [-0.39, 0.29) is 18.2 Å². The van der Waals surface area contributed by atoms with Gasteiger partial charge in [-0.1, -0.05) is 0 Å². The Morgan fingerprint density at radius 3 is 2.74 bits per heavy atom. The van der Waals surface area contributed by atoms with Gasteiger partial charge in [0.15, 0.2) is 10.1 Å². The highest BCUT2D eigenvalue weighted by atomic mass is 32.1. The third kappa shape index (κ3) is 5.00. The molecule has 0 aliphatic carbocycles. The smallest absolute Gasteiger partial charge is 0.314 e. The summed E-state index contributed by atoms with van der Waals surface area (Å²) in [5.74, 6) is -0.461. The summed E-state index contributed by atoms with van der Waals surface area (Å²) in [5, 5.41) is 6.80. The van der Waals surface area contributed by atoms with Crippen LogP contribution in [0.25, 0.3) is 0 Å². The van der Waals surface area contributed by atoms with Crippen molar-refractivity contribution in [3.05, 3.63) is 21.0 Å². The molecule has 0 saturated heterocycles. The van der Waals surface area contributed by atoms with Gasteiger partial charge in [-0.25, -0.2) is 4.98 Å². The molecule has 0 unspecified atom stereocenters. The maximum Gasteiger partial charge on any atom is 0.314 e. The van der Waals surface area contributed by atoms with Gasteiger partial charge in [-0.2, -0.15) is 4.98 Å². The van der Waals surface area contributed by atoms with Gasteiger partial charge in [0.2, 0.25) is 5.88 Å². The SMILES string of the molecule is CCNC(=O)c1nc(OC(=O)CCNc2ncc(C)s2)c(C)s1. The first-order valence-corrected chi connectivity index (χ1v) is 8.75. The van der Waals surface area contributed by atoms with Crippen LogP contribution in [-0.2, 0) is 4.79 Å². The monoisotopic (exact) mass is 354 g/mol. The molecule has 2 aromatic heterocycles. The van der Waals surface area contributed by atoms with Crippen molar-refractivity contribution in [3.63, 3.8) is 0 Å². The molecule has 9 heteroatoms. The Balaban J connectivity index is 1.84. The number of rotatable bonds is 7. The summed E-state index contributed by atoms with van der Waals surface area (Å²) in [7, 11) is 0. The van der Waals surface area contributed by atoms with Gasteiger partial charge in [0, 0.05) is 24.2 Å². The minimum atomic E-state index is -0.401. The molecule has 0 aliphatic heterocycles. The average Bonchev–Trinajstić information content (AvgIpc) is 3.06. The molecule has 0 radical (unpaired) electrons. The molecule has 0 bridgehead atoms. The zero-order valence-corrected chi connectivity index (χ0v) is 14.8. The minimum Gasteiger partial charge on any atom is -0.406 e. The van der Waals surface area contributed by atoms with Crippen LogP contribution in [0.1, 0.15) is 32.9 Å². The summed E-state index contributed by atoms with van der Waals surface area (Å²) in [6.07, 6.45) is 1.96. The highest BCUT2D eigenvalue weighted by Crippen LogP contribution is 2.24. The van der Waals surface area contributed by atoms with Crippen molar-refractivity contribution in [2.45, 2.75) is 27.2 Å². The van der Waals surface area contributed by atoms with E-state index < -0.39 is 5.97 Å². The molecular weight excluding hydrogens is 336 g/mol. The van der Waals surface area contributed by atoms with Gasteiger partial charge >= 0.3 is 5.97 Å². The lowest BCUT2D eigenvalue weighted by atomic mass is 10.4. The summed E-state index contributed by atoms with van der Waals surface area (Å²) in [4.78, 5) is 33.6. The fourth-order valence-corrected chi connectivity index (χ4v) is 3.13. The first-order chi connectivity index (χ1) is 11.0. The fraction of sp³-hybridized carbons (Fsp3) is 0.429. The number of thiazole rings is 2. The molecule has 2 aromatic rings. The predicted molar refractivity (Wildman–Crippen MR) is 90.5 cm³/mol. The number of hydrogen-bond donors (Lipinski definition) is 2.